The molecule has 1 saturated carbocycles. The van der Waals surface area contributed by atoms with Gasteiger partial charge in [-0.05, 0) is 31.2 Å². The average Bonchev–Trinajstić information content (AvgIpc) is 2.97. The highest BCUT2D eigenvalue weighted by Crippen LogP contribution is 2.49. The number of aliphatic carboxylic acids is 1. The minimum absolute atomic E-state index is 0.379. The lowest BCUT2D eigenvalue weighted by atomic mass is 9.97. The van der Waals surface area contributed by atoms with Gasteiger partial charge in [0.25, 0.3) is 0 Å². The summed E-state index contributed by atoms with van der Waals surface area (Å²) >= 11 is 0. The van der Waals surface area contributed by atoms with Gasteiger partial charge in [-0.2, -0.15) is 0 Å². The maximum absolute atomic E-state index is 10.9. The number of hydrogen-bond acceptors (Lipinski definition) is 1. The third-order valence-electron chi connectivity index (χ3n) is 3.04. The number of hydrogen-bond donors (Lipinski definition) is 1. The van der Waals surface area contributed by atoms with E-state index >= 15 is 0 Å². The van der Waals surface area contributed by atoms with Crippen molar-refractivity contribution in [3.63, 3.8) is 0 Å². The molecule has 0 aliphatic heterocycles. The molecule has 2 heteroatoms. The van der Waals surface area contributed by atoms with Gasteiger partial charge in [0.05, 0.1) is 5.41 Å². The second-order valence-electron chi connectivity index (χ2n) is 4.07. The van der Waals surface area contributed by atoms with Gasteiger partial charge in [-0.15, -0.1) is 0 Å². The largest absolute Gasteiger partial charge is 0.481 e. The fraction of sp³-hybridized carbons (Fsp3) is 0.417. The average molecular weight is 190 g/mol. The first-order valence-corrected chi connectivity index (χ1v) is 5.00. The van der Waals surface area contributed by atoms with Gasteiger partial charge in [-0.25, -0.2) is 0 Å². The Bertz CT molecular complexity index is 325. The maximum Gasteiger partial charge on any atom is 0.309 e. The van der Waals surface area contributed by atoms with Crippen LogP contribution in [0, 0.1) is 5.41 Å². The predicted octanol–water partition coefficient (Wildman–Crippen LogP) is 2.48. The minimum Gasteiger partial charge on any atom is -0.481 e. The van der Waals surface area contributed by atoms with Crippen LogP contribution < -0.4 is 0 Å². The van der Waals surface area contributed by atoms with Crippen molar-refractivity contribution in [2.45, 2.75) is 25.7 Å². The summed E-state index contributed by atoms with van der Waals surface area (Å²) in [5.74, 6) is -0.617. The van der Waals surface area contributed by atoms with E-state index in [1.807, 2.05) is 18.2 Å². The first-order chi connectivity index (χ1) is 6.73. The highest BCUT2D eigenvalue weighted by Gasteiger charge is 2.49. The Kier molecular flexibility index (Phi) is 2.28. The molecule has 0 spiro atoms. The van der Waals surface area contributed by atoms with Crippen molar-refractivity contribution in [3.8, 4) is 0 Å². The molecule has 0 radical (unpaired) electrons. The van der Waals surface area contributed by atoms with E-state index in [1.54, 1.807) is 0 Å². The van der Waals surface area contributed by atoms with E-state index in [0.29, 0.717) is 0 Å². The topological polar surface area (TPSA) is 37.3 Å². The second kappa shape index (κ2) is 3.45. The molecule has 1 N–H and O–H groups in total. The molecule has 1 aliphatic rings. The molecule has 74 valence electrons. The zero-order valence-corrected chi connectivity index (χ0v) is 8.07. The number of aryl methyl sites for hydroxylation is 1. The monoisotopic (exact) mass is 190 g/mol. The minimum atomic E-state index is -0.617. The van der Waals surface area contributed by atoms with Crippen LogP contribution in [0.4, 0.5) is 0 Å². The van der Waals surface area contributed by atoms with Gasteiger partial charge >= 0.3 is 5.97 Å². The third-order valence-corrected chi connectivity index (χ3v) is 3.04. The Balaban J connectivity index is 1.92. The lowest BCUT2D eigenvalue weighted by Crippen LogP contribution is -2.15. The first-order valence-electron chi connectivity index (χ1n) is 5.00. The van der Waals surface area contributed by atoms with E-state index in [1.165, 1.54) is 5.56 Å². The van der Waals surface area contributed by atoms with E-state index in [-0.39, 0.29) is 5.41 Å². The van der Waals surface area contributed by atoms with Gasteiger partial charge in [0.15, 0.2) is 0 Å². The molecule has 0 atom stereocenters. The Hall–Kier alpha value is -1.31. The van der Waals surface area contributed by atoms with Crippen LogP contribution in [0.5, 0.6) is 0 Å². The molecule has 0 aromatic heterocycles. The van der Waals surface area contributed by atoms with Crippen LogP contribution in [-0.2, 0) is 11.2 Å². The van der Waals surface area contributed by atoms with Crippen LogP contribution in [-0.4, -0.2) is 11.1 Å². The van der Waals surface area contributed by atoms with Crippen LogP contribution in [0.15, 0.2) is 30.3 Å². The summed E-state index contributed by atoms with van der Waals surface area (Å²) in [6.07, 6.45) is 3.38. The van der Waals surface area contributed by atoms with Crippen molar-refractivity contribution in [2.75, 3.05) is 0 Å². The van der Waals surface area contributed by atoms with Gasteiger partial charge in [0.2, 0.25) is 0 Å². The Labute approximate surface area is 83.6 Å². The van der Waals surface area contributed by atoms with Crippen LogP contribution in [0.25, 0.3) is 0 Å². The smallest absolute Gasteiger partial charge is 0.309 e. The molecule has 2 rings (SSSR count). The van der Waals surface area contributed by atoms with Gasteiger partial charge < -0.3 is 5.11 Å². The van der Waals surface area contributed by atoms with E-state index in [0.717, 1.165) is 25.7 Å². The normalized spacial score (nSPS) is 17.7. The van der Waals surface area contributed by atoms with Crippen LogP contribution in [0.1, 0.15) is 24.8 Å². The number of carboxylic acid groups (broad SMARTS) is 1. The van der Waals surface area contributed by atoms with Crippen molar-refractivity contribution in [1.82, 2.24) is 0 Å². The number of carboxylic acids is 1. The lowest BCUT2D eigenvalue weighted by Gasteiger charge is -2.08. The van der Waals surface area contributed by atoms with Crippen LogP contribution in [0.2, 0.25) is 0 Å². The van der Waals surface area contributed by atoms with Gasteiger partial charge in [0, 0.05) is 0 Å². The van der Waals surface area contributed by atoms with Crippen LogP contribution >= 0.6 is 0 Å². The van der Waals surface area contributed by atoms with E-state index < -0.39 is 5.97 Å². The van der Waals surface area contributed by atoms with Crippen molar-refractivity contribution >= 4 is 5.97 Å². The molecular weight excluding hydrogens is 176 g/mol. The summed E-state index contributed by atoms with van der Waals surface area (Å²) < 4.78 is 0. The molecule has 1 aromatic carbocycles. The standard InChI is InChI=1S/C12H14O2/c13-11(14)12(8-9-12)7-6-10-4-2-1-3-5-10/h1-5H,6-9H2,(H,13,14). The van der Waals surface area contributed by atoms with Crippen molar-refractivity contribution in [2.24, 2.45) is 5.41 Å². The summed E-state index contributed by atoms with van der Waals surface area (Å²) in [4.78, 5) is 10.9. The summed E-state index contributed by atoms with van der Waals surface area (Å²) in [6, 6.07) is 10.1. The molecule has 2 nitrogen and oxygen atoms in total. The summed E-state index contributed by atoms with van der Waals surface area (Å²) in [6.45, 7) is 0. The van der Waals surface area contributed by atoms with Crippen molar-refractivity contribution in [3.05, 3.63) is 35.9 Å². The van der Waals surface area contributed by atoms with Crippen molar-refractivity contribution < 1.29 is 9.90 Å². The highest BCUT2D eigenvalue weighted by molar-refractivity contribution is 5.77. The Morgan fingerprint density at radius 1 is 1.29 bits per heavy atom. The quantitative estimate of drug-likeness (QED) is 0.792. The van der Waals surface area contributed by atoms with Crippen molar-refractivity contribution in [1.29, 1.82) is 0 Å². The maximum atomic E-state index is 10.9. The molecule has 1 fully saturated rings. The van der Waals surface area contributed by atoms with Gasteiger partial charge in [-0.3, -0.25) is 4.79 Å². The molecule has 0 bridgehead atoms. The first kappa shape index (κ1) is 9.25. The molecule has 0 saturated heterocycles. The summed E-state index contributed by atoms with van der Waals surface area (Å²) in [5.41, 5.74) is 0.857. The van der Waals surface area contributed by atoms with Crippen LogP contribution in [0.3, 0.4) is 0 Å². The summed E-state index contributed by atoms with van der Waals surface area (Å²) in [7, 11) is 0. The fourth-order valence-corrected chi connectivity index (χ4v) is 1.75. The lowest BCUT2D eigenvalue weighted by molar-refractivity contribution is -0.143. The SMILES string of the molecule is O=C(O)C1(CCc2ccccc2)CC1. The number of carbonyl (C=O) groups is 1. The molecular formula is C12H14O2. The Morgan fingerprint density at radius 3 is 2.43 bits per heavy atom. The highest BCUT2D eigenvalue weighted by atomic mass is 16.4. The van der Waals surface area contributed by atoms with E-state index in [9.17, 15) is 4.79 Å². The molecule has 14 heavy (non-hydrogen) atoms. The van der Waals surface area contributed by atoms with E-state index in [4.69, 9.17) is 5.11 Å². The number of benzene rings is 1. The second-order valence-corrected chi connectivity index (χ2v) is 4.07. The molecule has 1 aromatic rings. The predicted molar refractivity (Wildman–Crippen MR) is 54.1 cm³/mol. The zero-order chi connectivity index (χ0) is 10.0. The van der Waals surface area contributed by atoms with Gasteiger partial charge in [-0.1, -0.05) is 30.3 Å². The van der Waals surface area contributed by atoms with Gasteiger partial charge in [0.1, 0.15) is 0 Å². The van der Waals surface area contributed by atoms with E-state index in [2.05, 4.69) is 12.1 Å². The molecule has 1 aliphatic carbocycles. The molecule has 0 amide bonds. The third kappa shape index (κ3) is 1.79. The Morgan fingerprint density at radius 2 is 1.93 bits per heavy atom. The fourth-order valence-electron chi connectivity index (χ4n) is 1.75. The molecule has 0 unspecified atom stereocenters. The number of rotatable bonds is 4. The summed E-state index contributed by atoms with van der Waals surface area (Å²) in [5, 5.41) is 8.98. The zero-order valence-electron chi connectivity index (χ0n) is 8.07. The molecule has 0 heterocycles.